The van der Waals surface area contributed by atoms with E-state index in [-0.39, 0.29) is 37.5 Å². The highest BCUT2D eigenvalue weighted by molar-refractivity contribution is 5.71. The van der Waals surface area contributed by atoms with Crippen LogP contribution >= 0.6 is 0 Å². The number of ether oxygens (including phenoxy) is 3. The van der Waals surface area contributed by atoms with Crippen LogP contribution in [-0.2, 0) is 28.6 Å². The van der Waals surface area contributed by atoms with Gasteiger partial charge < -0.3 is 14.2 Å². The molecule has 6 nitrogen and oxygen atoms in total. The van der Waals surface area contributed by atoms with Gasteiger partial charge >= 0.3 is 17.9 Å². The molecule has 0 saturated heterocycles. The number of hydrogen-bond donors (Lipinski definition) is 0. The number of hydrogen-bond acceptors (Lipinski definition) is 6. The third-order valence-corrected chi connectivity index (χ3v) is 11.3. The molecule has 0 saturated carbocycles. The van der Waals surface area contributed by atoms with Crippen molar-refractivity contribution in [3.05, 3.63) is 97.2 Å². The first-order valence-corrected chi connectivity index (χ1v) is 27.2. The van der Waals surface area contributed by atoms with E-state index >= 15 is 0 Å². The molecule has 0 rings (SSSR count). The third kappa shape index (κ3) is 51.3. The third-order valence-electron chi connectivity index (χ3n) is 11.3. The lowest BCUT2D eigenvalue weighted by molar-refractivity contribution is -0.166. The minimum atomic E-state index is -0.815. The normalized spacial score (nSPS) is 12.8. The van der Waals surface area contributed by atoms with E-state index in [2.05, 4.69) is 106 Å². The van der Waals surface area contributed by atoms with Crippen LogP contribution < -0.4 is 0 Å². The van der Waals surface area contributed by atoms with E-state index in [1.54, 1.807) is 0 Å². The Hall–Kier alpha value is -3.67. The van der Waals surface area contributed by atoms with Gasteiger partial charge in [-0.15, -0.1) is 0 Å². The van der Waals surface area contributed by atoms with Crippen LogP contribution in [0, 0.1) is 0 Å². The minimum absolute atomic E-state index is 0.108. The fraction of sp³-hybridized carbons (Fsp3) is 0.683. The standard InChI is InChI=1S/C60H100O6/c1-4-7-10-13-16-19-22-25-27-29-31-32-35-38-41-44-47-50-53-59(62)65-56-57(55-64-58(61)52-49-46-43-40-37-34-24-21-18-15-12-9-6-3)66-60(63)54-51-48-45-42-39-36-33-30-28-26-23-20-17-14-11-8-5-2/h9,12,17-22,26-29,34,37,43,46,57H,4-8,10-11,13-16,23-25,30-33,35-36,38-42,44-45,47-56H2,1-3H3/b12-9-,20-17-,21-18-,22-19-,28-26-,29-27-,37-34-,46-43-. The maximum atomic E-state index is 12.8. The van der Waals surface area contributed by atoms with Gasteiger partial charge in [0.15, 0.2) is 6.10 Å². The summed E-state index contributed by atoms with van der Waals surface area (Å²) in [5, 5.41) is 0. The van der Waals surface area contributed by atoms with Crippen LogP contribution in [0.25, 0.3) is 0 Å². The SMILES string of the molecule is CC/C=C\C/C=C\C/C=C\C/C=C\CCC(=O)OCC(COC(=O)CCCCCCCCC/C=C\C/C=C\CCCCCC)OC(=O)CCCCCCCCC/C=C\C/C=C\CCCCC. The first-order chi connectivity index (χ1) is 32.5. The molecule has 66 heavy (non-hydrogen) atoms. The van der Waals surface area contributed by atoms with Gasteiger partial charge in [-0.05, 0) is 109 Å². The highest BCUT2D eigenvalue weighted by Gasteiger charge is 2.19. The van der Waals surface area contributed by atoms with E-state index in [0.29, 0.717) is 19.3 Å². The van der Waals surface area contributed by atoms with Gasteiger partial charge in [0.1, 0.15) is 13.2 Å². The van der Waals surface area contributed by atoms with Crippen LogP contribution in [0.2, 0.25) is 0 Å². The van der Waals surface area contributed by atoms with Crippen molar-refractivity contribution >= 4 is 17.9 Å². The summed E-state index contributed by atoms with van der Waals surface area (Å²) in [5.41, 5.74) is 0. The van der Waals surface area contributed by atoms with Gasteiger partial charge in [0, 0.05) is 19.3 Å². The van der Waals surface area contributed by atoms with E-state index in [1.165, 1.54) is 109 Å². The minimum Gasteiger partial charge on any atom is -0.462 e. The molecule has 0 aliphatic carbocycles. The molecular weight excluding hydrogens is 817 g/mol. The van der Waals surface area contributed by atoms with Crippen molar-refractivity contribution in [2.24, 2.45) is 0 Å². The van der Waals surface area contributed by atoms with E-state index in [1.807, 2.05) is 12.2 Å². The summed E-state index contributed by atoms with van der Waals surface area (Å²) >= 11 is 0. The summed E-state index contributed by atoms with van der Waals surface area (Å²) in [6, 6.07) is 0. The van der Waals surface area contributed by atoms with Crippen molar-refractivity contribution in [3.63, 3.8) is 0 Å². The Labute approximate surface area is 407 Å². The number of esters is 3. The van der Waals surface area contributed by atoms with Crippen molar-refractivity contribution in [1.82, 2.24) is 0 Å². The molecule has 0 N–H and O–H groups in total. The fourth-order valence-corrected chi connectivity index (χ4v) is 7.22. The van der Waals surface area contributed by atoms with Gasteiger partial charge in [0.25, 0.3) is 0 Å². The molecule has 1 unspecified atom stereocenters. The molecule has 0 amide bonds. The van der Waals surface area contributed by atoms with Crippen LogP contribution in [0.3, 0.4) is 0 Å². The average molecular weight is 917 g/mol. The first-order valence-electron chi connectivity index (χ1n) is 27.2. The number of unbranched alkanes of at least 4 members (excludes halogenated alkanes) is 21. The molecule has 0 fully saturated rings. The lowest BCUT2D eigenvalue weighted by Crippen LogP contribution is -2.30. The molecule has 0 spiro atoms. The van der Waals surface area contributed by atoms with Crippen molar-refractivity contribution in [2.75, 3.05) is 13.2 Å². The Morgan fingerprint density at radius 3 is 1.05 bits per heavy atom. The highest BCUT2D eigenvalue weighted by Crippen LogP contribution is 2.14. The predicted octanol–water partition coefficient (Wildman–Crippen LogP) is 18.1. The second-order valence-electron chi connectivity index (χ2n) is 17.7. The topological polar surface area (TPSA) is 78.9 Å². The van der Waals surface area contributed by atoms with Gasteiger partial charge in [0.05, 0.1) is 0 Å². The second kappa shape index (κ2) is 53.9. The zero-order valence-electron chi connectivity index (χ0n) is 42.9. The highest BCUT2D eigenvalue weighted by atomic mass is 16.6. The Morgan fingerprint density at radius 2 is 0.621 bits per heavy atom. The molecular formula is C60H100O6. The number of carbonyl (C=O) groups is 3. The summed E-state index contributed by atoms with van der Waals surface area (Å²) in [6.45, 7) is 6.40. The van der Waals surface area contributed by atoms with E-state index < -0.39 is 6.10 Å². The number of carbonyl (C=O) groups excluding carboxylic acids is 3. The molecule has 0 aromatic carbocycles. The molecule has 376 valence electrons. The Kier molecular flexibility index (Phi) is 50.9. The first kappa shape index (κ1) is 62.3. The summed E-state index contributed by atoms with van der Waals surface area (Å²) in [7, 11) is 0. The molecule has 1 atom stereocenters. The van der Waals surface area contributed by atoms with Gasteiger partial charge in [-0.1, -0.05) is 214 Å². The van der Waals surface area contributed by atoms with Crippen LogP contribution in [0.1, 0.15) is 245 Å². The van der Waals surface area contributed by atoms with Gasteiger partial charge in [0.2, 0.25) is 0 Å². The molecule has 0 heterocycles. The van der Waals surface area contributed by atoms with Gasteiger partial charge in [-0.2, -0.15) is 0 Å². The van der Waals surface area contributed by atoms with Gasteiger partial charge in [-0.25, -0.2) is 0 Å². The maximum absolute atomic E-state index is 12.8. The summed E-state index contributed by atoms with van der Waals surface area (Å²) in [6.07, 6.45) is 71.2. The molecule has 0 aliphatic rings. The fourth-order valence-electron chi connectivity index (χ4n) is 7.22. The second-order valence-corrected chi connectivity index (χ2v) is 17.7. The van der Waals surface area contributed by atoms with Crippen molar-refractivity contribution in [2.45, 2.75) is 252 Å². The average Bonchev–Trinajstić information content (AvgIpc) is 3.31. The summed E-state index contributed by atoms with van der Waals surface area (Å²) < 4.78 is 16.7. The van der Waals surface area contributed by atoms with Crippen LogP contribution in [-0.4, -0.2) is 37.2 Å². The zero-order chi connectivity index (χ0) is 47.9. The molecule has 0 radical (unpaired) electrons. The molecule has 6 heteroatoms. The van der Waals surface area contributed by atoms with E-state index in [4.69, 9.17) is 14.2 Å². The Balaban J connectivity index is 4.47. The summed E-state index contributed by atoms with van der Waals surface area (Å²) in [4.78, 5) is 38.0. The maximum Gasteiger partial charge on any atom is 0.306 e. The van der Waals surface area contributed by atoms with Crippen molar-refractivity contribution in [1.29, 1.82) is 0 Å². The lowest BCUT2D eigenvalue weighted by Gasteiger charge is -2.18. The zero-order valence-corrected chi connectivity index (χ0v) is 42.9. The monoisotopic (exact) mass is 917 g/mol. The smallest absolute Gasteiger partial charge is 0.306 e. The Bertz CT molecular complexity index is 1330. The Morgan fingerprint density at radius 1 is 0.318 bits per heavy atom. The lowest BCUT2D eigenvalue weighted by atomic mass is 10.1. The van der Waals surface area contributed by atoms with Crippen LogP contribution in [0.4, 0.5) is 0 Å². The summed E-state index contributed by atoms with van der Waals surface area (Å²) in [5.74, 6) is -1.01. The van der Waals surface area contributed by atoms with E-state index in [9.17, 15) is 14.4 Å². The van der Waals surface area contributed by atoms with E-state index in [0.717, 1.165) is 89.9 Å². The molecule has 0 aliphatic heterocycles. The molecule has 0 aromatic rings. The van der Waals surface area contributed by atoms with Crippen molar-refractivity contribution < 1.29 is 28.6 Å². The number of rotatable bonds is 48. The molecule has 0 aromatic heterocycles. The van der Waals surface area contributed by atoms with Crippen LogP contribution in [0.15, 0.2) is 97.2 Å². The molecule has 0 bridgehead atoms. The van der Waals surface area contributed by atoms with Gasteiger partial charge in [-0.3, -0.25) is 14.4 Å². The van der Waals surface area contributed by atoms with Crippen LogP contribution in [0.5, 0.6) is 0 Å². The van der Waals surface area contributed by atoms with Crippen molar-refractivity contribution in [3.8, 4) is 0 Å². The quantitative estimate of drug-likeness (QED) is 0.0262. The predicted molar refractivity (Wildman–Crippen MR) is 284 cm³/mol. The largest absolute Gasteiger partial charge is 0.462 e. The number of allylic oxidation sites excluding steroid dienone is 16.